The van der Waals surface area contributed by atoms with E-state index in [1.807, 2.05) is 0 Å². The topological polar surface area (TPSA) is 43.4 Å². The standard InChI is InChI=1S/C12H11F3O3S/c1-3-11(18-19(16,17)12(13,14)15)9(2)10-7-5-4-6-8-10/h3-8H,1H2,2H3/b11-9-. The van der Waals surface area contributed by atoms with Crippen LogP contribution in [0, 0.1) is 0 Å². The Kier molecular flexibility index (Phi) is 4.41. The zero-order chi connectivity index (χ0) is 14.7. The van der Waals surface area contributed by atoms with Crippen LogP contribution in [0.15, 0.2) is 48.7 Å². The van der Waals surface area contributed by atoms with Gasteiger partial charge in [-0.2, -0.15) is 21.6 Å². The van der Waals surface area contributed by atoms with E-state index in [9.17, 15) is 21.6 Å². The Balaban J connectivity index is 3.20. The first-order valence-corrected chi connectivity index (χ1v) is 6.49. The molecule has 0 bridgehead atoms. The van der Waals surface area contributed by atoms with E-state index in [-0.39, 0.29) is 5.57 Å². The molecular formula is C12H11F3O3S. The number of benzene rings is 1. The molecule has 19 heavy (non-hydrogen) atoms. The molecule has 0 amide bonds. The fourth-order valence-corrected chi connectivity index (χ4v) is 1.77. The monoisotopic (exact) mass is 292 g/mol. The van der Waals surface area contributed by atoms with Crippen molar-refractivity contribution in [2.45, 2.75) is 12.4 Å². The van der Waals surface area contributed by atoms with Gasteiger partial charge >= 0.3 is 15.6 Å². The van der Waals surface area contributed by atoms with E-state index in [1.54, 1.807) is 30.3 Å². The fraction of sp³-hybridized carbons (Fsp3) is 0.167. The Labute approximate surface area is 109 Å². The van der Waals surface area contributed by atoms with E-state index in [2.05, 4.69) is 10.8 Å². The summed E-state index contributed by atoms with van der Waals surface area (Å²) in [6.07, 6.45) is 0.922. The minimum Gasteiger partial charge on any atom is -0.376 e. The van der Waals surface area contributed by atoms with Crippen LogP contribution >= 0.6 is 0 Å². The normalized spacial score (nSPS) is 13.7. The van der Waals surface area contributed by atoms with Crippen LogP contribution in [0.5, 0.6) is 0 Å². The molecule has 1 rings (SSSR count). The van der Waals surface area contributed by atoms with E-state index in [4.69, 9.17) is 0 Å². The Morgan fingerprint density at radius 2 is 1.79 bits per heavy atom. The van der Waals surface area contributed by atoms with Gasteiger partial charge in [-0.1, -0.05) is 36.9 Å². The summed E-state index contributed by atoms with van der Waals surface area (Å²) in [5.41, 5.74) is -4.70. The first kappa shape index (κ1) is 15.3. The molecule has 0 aliphatic carbocycles. The highest BCUT2D eigenvalue weighted by atomic mass is 32.2. The molecule has 0 aromatic heterocycles. The Hall–Kier alpha value is -1.76. The first-order valence-electron chi connectivity index (χ1n) is 5.08. The highest BCUT2D eigenvalue weighted by Crippen LogP contribution is 2.29. The number of allylic oxidation sites excluding steroid dienone is 2. The molecule has 0 fully saturated rings. The summed E-state index contributed by atoms with van der Waals surface area (Å²) < 4.78 is 62.6. The molecule has 104 valence electrons. The highest BCUT2D eigenvalue weighted by Gasteiger charge is 2.48. The van der Waals surface area contributed by atoms with Crippen molar-refractivity contribution in [1.29, 1.82) is 0 Å². The van der Waals surface area contributed by atoms with Gasteiger partial charge < -0.3 is 4.18 Å². The quantitative estimate of drug-likeness (QED) is 0.369. The molecule has 0 saturated heterocycles. The largest absolute Gasteiger partial charge is 0.534 e. The van der Waals surface area contributed by atoms with Crippen LogP contribution in [-0.4, -0.2) is 13.9 Å². The van der Waals surface area contributed by atoms with E-state index < -0.39 is 21.4 Å². The van der Waals surface area contributed by atoms with Gasteiger partial charge in [-0.25, -0.2) is 0 Å². The summed E-state index contributed by atoms with van der Waals surface area (Å²) in [6.45, 7) is 4.70. The predicted octanol–water partition coefficient (Wildman–Crippen LogP) is 3.47. The number of hydrogen-bond acceptors (Lipinski definition) is 3. The molecule has 1 aromatic rings. The van der Waals surface area contributed by atoms with Gasteiger partial charge in [-0.05, 0) is 18.6 Å². The molecule has 0 N–H and O–H groups in total. The third-order valence-corrected chi connectivity index (χ3v) is 3.21. The van der Waals surface area contributed by atoms with Crippen LogP contribution in [0.4, 0.5) is 13.2 Å². The highest BCUT2D eigenvalue weighted by molar-refractivity contribution is 7.87. The van der Waals surface area contributed by atoms with Gasteiger partial charge in [0.15, 0.2) is 0 Å². The van der Waals surface area contributed by atoms with Gasteiger partial charge in [0, 0.05) is 5.57 Å². The molecule has 0 unspecified atom stereocenters. The van der Waals surface area contributed by atoms with Crippen molar-refractivity contribution < 1.29 is 25.8 Å². The summed E-state index contributed by atoms with van der Waals surface area (Å²) in [7, 11) is -5.69. The van der Waals surface area contributed by atoms with Gasteiger partial charge in [0.25, 0.3) is 0 Å². The van der Waals surface area contributed by atoms with Crippen molar-refractivity contribution in [2.75, 3.05) is 0 Å². The van der Waals surface area contributed by atoms with Gasteiger partial charge in [0.05, 0.1) is 0 Å². The maximum Gasteiger partial charge on any atom is 0.534 e. The zero-order valence-corrected chi connectivity index (χ0v) is 10.8. The molecule has 0 heterocycles. The average molecular weight is 292 g/mol. The molecule has 7 heteroatoms. The smallest absolute Gasteiger partial charge is 0.376 e. The molecule has 1 aromatic carbocycles. The van der Waals surface area contributed by atoms with Crippen molar-refractivity contribution in [2.24, 2.45) is 0 Å². The van der Waals surface area contributed by atoms with Crippen LogP contribution in [0.25, 0.3) is 5.57 Å². The lowest BCUT2D eigenvalue weighted by atomic mass is 10.1. The summed E-state index contributed by atoms with van der Waals surface area (Å²) in [6, 6.07) is 8.28. The lowest BCUT2D eigenvalue weighted by molar-refractivity contribution is -0.0519. The maximum absolute atomic E-state index is 12.2. The summed E-state index contributed by atoms with van der Waals surface area (Å²) >= 11 is 0. The second-order valence-corrected chi connectivity index (χ2v) is 5.08. The van der Waals surface area contributed by atoms with Crippen LogP contribution in [0.3, 0.4) is 0 Å². The second kappa shape index (κ2) is 5.48. The SMILES string of the molecule is C=C/C(OS(=O)(=O)C(F)(F)F)=C(\C)c1ccccc1. The van der Waals surface area contributed by atoms with Gasteiger partial charge in [-0.3, -0.25) is 0 Å². The van der Waals surface area contributed by atoms with Crippen molar-refractivity contribution in [3.63, 3.8) is 0 Å². The van der Waals surface area contributed by atoms with Gasteiger partial charge in [0.1, 0.15) is 5.76 Å². The number of halogens is 3. The van der Waals surface area contributed by atoms with Crippen molar-refractivity contribution in [3.05, 3.63) is 54.3 Å². The first-order chi connectivity index (χ1) is 8.69. The molecule has 0 aliphatic rings. The molecule has 0 radical (unpaired) electrons. The molecule has 0 aliphatic heterocycles. The van der Waals surface area contributed by atoms with Crippen LogP contribution in [-0.2, 0) is 14.3 Å². The van der Waals surface area contributed by atoms with Gasteiger partial charge in [0.2, 0.25) is 0 Å². The van der Waals surface area contributed by atoms with Crippen LogP contribution < -0.4 is 0 Å². The fourth-order valence-electron chi connectivity index (χ4n) is 1.25. The average Bonchev–Trinajstić information content (AvgIpc) is 2.35. The molecule has 0 atom stereocenters. The lowest BCUT2D eigenvalue weighted by Crippen LogP contribution is -2.25. The van der Waals surface area contributed by atoms with Crippen LogP contribution in [0.1, 0.15) is 12.5 Å². The summed E-state index contributed by atoms with van der Waals surface area (Å²) in [4.78, 5) is 0. The van der Waals surface area contributed by atoms with E-state index in [0.717, 1.165) is 6.08 Å². The lowest BCUT2D eigenvalue weighted by Gasteiger charge is -2.12. The Morgan fingerprint density at radius 1 is 1.26 bits per heavy atom. The van der Waals surface area contributed by atoms with Crippen LogP contribution in [0.2, 0.25) is 0 Å². The predicted molar refractivity (Wildman–Crippen MR) is 65.3 cm³/mol. The van der Waals surface area contributed by atoms with Gasteiger partial charge in [-0.15, -0.1) is 0 Å². The number of rotatable bonds is 4. The van der Waals surface area contributed by atoms with E-state index >= 15 is 0 Å². The summed E-state index contributed by atoms with van der Waals surface area (Å²) in [5.74, 6) is -0.455. The number of hydrogen-bond donors (Lipinski definition) is 0. The maximum atomic E-state index is 12.2. The Morgan fingerprint density at radius 3 is 2.21 bits per heavy atom. The Bertz CT molecular complexity index is 586. The van der Waals surface area contributed by atoms with E-state index in [1.165, 1.54) is 6.92 Å². The van der Waals surface area contributed by atoms with E-state index in [0.29, 0.717) is 5.56 Å². The minimum atomic E-state index is -5.69. The number of alkyl halides is 3. The third kappa shape index (κ3) is 3.60. The zero-order valence-electron chi connectivity index (χ0n) is 9.94. The van der Waals surface area contributed by atoms with Crippen molar-refractivity contribution in [3.8, 4) is 0 Å². The molecule has 3 nitrogen and oxygen atoms in total. The second-order valence-electron chi connectivity index (χ2n) is 3.54. The summed E-state index contributed by atoms with van der Waals surface area (Å²) in [5, 5.41) is 0. The molecular weight excluding hydrogens is 281 g/mol. The molecule has 0 saturated carbocycles. The molecule has 0 spiro atoms. The van der Waals surface area contributed by atoms with Crippen molar-refractivity contribution in [1.82, 2.24) is 0 Å². The van der Waals surface area contributed by atoms with Crippen molar-refractivity contribution >= 4 is 15.7 Å². The minimum absolute atomic E-state index is 0.239. The third-order valence-electron chi connectivity index (χ3n) is 2.24.